The lowest BCUT2D eigenvalue weighted by atomic mass is 10.4. The predicted octanol–water partition coefficient (Wildman–Crippen LogP) is 0.993. The van der Waals surface area contributed by atoms with Gasteiger partial charge in [0.05, 0.1) is 19.3 Å². The number of aromatic nitrogens is 4. The van der Waals surface area contributed by atoms with Gasteiger partial charge in [0, 0.05) is 26.8 Å². The molecule has 0 aromatic carbocycles. The first-order valence-electron chi connectivity index (χ1n) is 7.35. The van der Waals surface area contributed by atoms with Gasteiger partial charge in [0.2, 0.25) is 10.9 Å². The average molecular weight is 367 g/mol. The van der Waals surface area contributed by atoms with Gasteiger partial charge in [-0.15, -0.1) is 10.2 Å². The minimum Gasteiger partial charge on any atom is -0.440 e. The molecule has 3 rings (SSSR count). The zero-order valence-electron chi connectivity index (χ0n) is 13.7. The molecule has 0 aliphatic rings. The summed E-state index contributed by atoms with van der Waals surface area (Å²) in [5.41, 5.74) is 0. The van der Waals surface area contributed by atoms with E-state index in [0.717, 1.165) is 4.31 Å². The van der Waals surface area contributed by atoms with E-state index in [1.165, 1.54) is 31.7 Å². The molecule has 3 aromatic rings. The van der Waals surface area contributed by atoms with Crippen molar-refractivity contribution >= 4 is 10.0 Å². The lowest BCUT2D eigenvalue weighted by Crippen LogP contribution is -2.28. The van der Waals surface area contributed by atoms with E-state index in [0.29, 0.717) is 24.7 Å². The Labute approximate surface area is 144 Å². The Hall–Kier alpha value is -2.50. The molecule has 25 heavy (non-hydrogen) atoms. The van der Waals surface area contributed by atoms with Crippen LogP contribution < -0.4 is 0 Å². The number of ether oxygens (including phenoxy) is 1. The Morgan fingerprint density at radius 2 is 2.12 bits per heavy atom. The third kappa shape index (κ3) is 3.62. The number of sulfonamides is 1. The van der Waals surface area contributed by atoms with Crippen LogP contribution in [0.1, 0.15) is 5.82 Å². The first kappa shape index (κ1) is 17.3. The van der Waals surface area contributed by atoms with Gasteiger partial charge in [-0.1, -0.05) is 5.16 Å². The minimum atomic E-state index is -3.83. The van der Waals surface area contributed by atoms with Crippen LogP contribution in [0.15, 0.2) is 44.8 Å². The predicted molar refractivity (Wildman–Crippen MR) is 84.8 cm³/mol. The van der Waals surface area contributed by atoms with Crippen molar-refractivity contribution in [2.75, 3.05) is 20.8 Å². The molecule has 0 amide bonds. The van der Waals surface area contributed by atoms with Crippen molar-refractivity contribution in [2.45, 2.75) is 18.2 Å². The summed E-state index contributed by atoms with van der Waals surface area (Å²) in [4.78, 5) is 0. The first-order chi connectivity index (χ1) is 12.0. The highest BCUT2D eigenvalue weighted by atomic mass is 32.2. The maximum atomic E-state index is 12.7. The number of rotatable bonds is 8. The van der Waals surface area contributed by atoms with Crippen molar-refractivity contribution in [2.24, 2.45) is 0 Å². The normalized spacial score (nSPS) is 12.1. The van der Waals surface area contributed by atoms with E-state index in [-0.39, 0.29) is 17.4 Å². The Bertz CT molecular complexity index is 915. The second-order valence-electron chi connectivity index (χ2n) is 5.19. The molecule has 0 unspecified atom stereocenters. The summed E-state index contributed by atoms with van der Waals surface area (Å²) < 4.78 is 43.6. The van der Waals surface area contributed by atoms with Crippen LogP contribution in [-0.2, 0) is 27.8 Å². The summed E-state index contributed by atoms with van der Waals surface area (Å²) in [6.07, 6.45) is 2.98. The van der Waals surface area contributed by atoms with E-state index in [2.05, 4.69) is 15.4 Å². The molecular weight excluding hydrogens is 350 g/mol. The second kappa shape index (κ2) is 7.17. The highest BCUT2D eigenvalue weighted by Crippen LogP contribution is 2.26. The van der Waals surface area contributed by atoms with Gasteiger partial charge in [0.25, 0.3) is 10.0 Å². The molecule has 3 heterocycles. The van der Waals surface area contributed by atoms with E-state index >= 15 is 0 Å². The van der Waals surface area contributed by atoms with Crippen LogP contribution in [0.4, 0.5) is 0 Å². The van der Waals surface area contributed by atoms with Crippen LogP contribution in [0.25, 0.3) is 11.5 Å². The number of methoxy groups -OCH3 is 1. The van der Waals surface area contributed by atoms with Gasteiger partial charge in [-0.3, -0.25) is 0 Å². The third-order valence-electron chi connectivity index (χ3n) is 3.52. The molecule has 0 aliphatic heterocycles. The lowest BCUT2D eigenvalue weighted by molar-refractivity contribution is 0.185. The van der Waals surface area contributed by atoms with Crippen molar-refractivity contribution < 1.29 is 22.1 Å². The fraction of sp³-hybridized carbons (Fsp3) is 0.357. The molecule has 3 aromatic heterocycles. The first-order valence-corrected chi connectivity index (χ1v) is 8.79. The van der Waals surface area contributed by atoms with Crippen molar-refractivity contribution in [3.63, 3.8) is 0 Å². The van der Waals surface area contributed by atoms with E-state index in [9.17, 15) is 8.42 Å². The topological polar surface area (TPSA) is 116 Å². The van der Waals surface area contributed by atoms with Crippen molar-refractivity contribution in [1.29, 1.82) is 0 Å². The van der Waals surface area contributed by atoms with Gasteiger partial charge < -0.3 is 18.2 Å². The zero-order valence-corrected chi connectivity index (χ0v) is 14.5. The summed E-state index contributed by atoms with van der Waals surface area (Å²) in [5, 5.41) is 11.1. The fourth-order valence-corrected chi connectivity index (χ4v) is 3.18. The standard InChI is InChI=1S/C14H17N5O5S/c1-18(9-13-17-15-10-19(13)7-8-22-2)25(20,21)14-4-3-11(23-14)12-5-6-16-24-12/h3-6,10H,7-9H2,1-2H3. The van der Waals surface area contributed by atoms with Gasteiger partial charge in [-0.25, -0.2) is 8.42 Å². The molecule has 0 spiro atoms. The van der Waals surface area contributed by atoms with Crippen molar-refractivity contribution in [1.82, 2.24) is 24.2 Å². The van der Waals surface area contributed by atoms with Gasteiger partial charge in [-0.05, 0) is 12.1 Å². The van der Waals surface area contributed by atoms with Crippen LogP contribution >= 0.6 is 0 Å². The molecular formula is C14H17N5O5S. The van der Waals surface area contributed by atoms with Crippen molar-refractivity contribution in [3.05, 3.63) is 36.5 Å². The van der Waals surface area contributed by atoms with Crippen LogP contribution in [-0.4, -0.2) is 53.4 Å². The molecule has 0 atom stereocenters. The zero-order chi connectivity index (χ0) is 17.9. The van der Waals surface area contributed by atoms with Gasteiger partial charge >= 0.3 is 0 Å². The quantitative estimate of drug-likeness (QED) is 0.579. The highest BCUT2D eigenvalue weighted by molar-refractivity contribution is 7.88. The average Bonchev–Trinajstić information content (AvgIpc) is 3.33. The van der Waals surface area contributed by atoms with E-state index in [1.807, 2.05) is 0 Å². The van der Waals surface area contributed by atoms with Crippen LogP contribution in [0.5, 0.6) is 0 Å². The van der Waals surface area contributed by atoms with Crippen molar-refractivity contribution in [3.8, 4) is 11.5 Å². The molecule has 11 heteroatoms. The van der Waals surface area contributed by atoms with E-state index in [4.69, 9.17) is 13.7 Å². The maximum absolute atomic E-state index is 12.7. The minimum absolute atomic E-state index is 0.0460. The van der Waals surface area contributed by atoms with Gasteiger partial charge in [0.1, 0.15) is 12.2 Å². The molecule has 0 saturated heterocycles. The van der Waals surface area contributed by atoms with E-state index < -0.39 is 10.0 Å². The van der Waals surface area contributed by atoms with Gasteiger partial charge in [-0.2, -0.15) is 4.31 Å². The Morgan fingerprint density at radius 1 is 1.28 bits per heavy atom. The summed E-state index contributed by atoms with van der Waals surface area (Å²) in [5.74, 6) is 1.14. The summed E-state index contributed by atoms with van der Waals surface area (Å²) in [6, 6.07) is 4.47. The maximum Gasteiger partial charge on any atom is 0.276 e. The molecule has 0 saturated carbocycles. The largest absolute Gasteiger partial charge is 0.440 e. The number of nitrogens with zero attached hydrogens (tertiary/aromatic N) is 5. The molecule has 0 fully saturated rings. The molecule has 0 aliphatic carbocycles. The molecule has 10 nitrogen and oxygen atoms in total. The fourth-order valence-electron chi connectivity index (χ4n) is 2.15. The second-order valence-corrected chi connectivity index (χ2v) is 7.17. The Kier molecular flexibility index (Phi) is 4.97. The molecule has 0 bridgehead atoms. The lowest BCUT2D eigenvalue weighted by Gasteiger charge is -2.15. The Balaban J connectivity index is 1.77. The van der Waals surface area contributed by atoms with Crippen LogP contribution in [0.2, 0.25) is 0 Å². The monoisotopic (exact) mass is 367 g/mol. The summed E-state index contributed by atoms with van der Waals surface area (Å²) >= 11 is 0. The molecule has 0 N–H and O–H groups in total. The third-order valence-corrected chi connectivity index (χ3v) is 5.20. The SMILES string of the molecule is COCCn1cnnc1CN(C)S(=O)(=O)c1ccc(-c2ccno2)o1. The molecule has 134 valence electrons. The number of furan rings is 1. The number of hydrogen-bond donors (Lipinski definition) is 0. The number of hydrogen-bond acceptors (Lipinski definition) is 8. The van der Waals surface area contributed by atoms with Crippen LogP contribution in [0, 0.1) is 0 Å². The van der Waals surface area contributed by atoms with E-state index in [1.54, 1.807) is 17.7 Å². The molecule has 0 radical (unpaired) electrons. The van der Waals surface area contributed by atoms with Crippen LogP contribution in [0.3, 0.4) is 0 Å². The highest BCUT2D eigenvalue weighted by Gasteiger charge is 2.27. The smallest absolute Gasteiger partial charge is 0.276 e. The Morgan fingerprint density at radius 3 is 2.84 bits per heavy atom. The summed E-state index contributed by atoms with van der Waals surface area (Å²) in [7, 11) is -0.798. The van der Waals surface area contributed by atoms with Gasteiger partial charge in [0.15, 0.2) is 5.76 Å². The summed E-state index contributed by atoms with van der Waals surface area (Å²) in [6.45, 7) is 1.05.